The topological polar surface area (TPSA) is 48.6 Å². The number of para-hydroxylation sites is 1. The predicted octanol–water partition coefficient (Wildman–Crippen LogP) is 3.66. The van der Waals surface area contributed by atoms with Gasteiger partial charge in [-0.1, -0.05) is 18.6 Å². The highest BCUT2D eigenvalue weighted by Crippen LogP contribution is 2.50. The molecule has 1 aliphatic heterocycles. The standard InChI is InChI=1S/C25H31N3O3/c1-30-22-4-2-3-19-23-20(27(24(19)22)10-9-26-11-13-31-14-12-26)7-8-28(25(23)29)21-16-17-5-6-18(21)15-17/h2-4,7-8,17-18,21H,5-6,9-16H2,1H3. The van der Waals surface area contributed by atoms with Crippen LogP contribution in [0.1, 0.15) is 31.7 Å². The van der Waals surface area contributed by atoms with Gasteiger partial charge in [-0.05, 0) is 43.2 Å². The summed E-state index contributed by atoms with van der Waals surface area (Å²) in [5, 5.41) is 1.86. The van der Waals surface area contributed by atoms with E-state index in [9.17, 15) is 4.79 Å². The fraction of sp³-hybridized carbons (Fsp3) is 0.560. The van der Waals surface area contributed by atoms with E-state index in [0.29, 0.717) is 12.0 Å². The predicted molar refractivity (Wildman–Crippen MR) is 122 cm³/mol. The van der Waals surface area contributed by atoms with Gasteiger partial charge in [0.1, 0.15) is 5.75 Å². The molecule has 2 bridgehead atoms. The van der Waals surface area contributed by atoms with Crippen LogP contribution in [0.4, 0.5) is 0 Å². The molecule has 3 aliphatic rings. The lowest BCUT2D eigenvalue weighted by Crippen LogP contribution is -2.38. The van der Waals surface area contributed by atoms with Crippen molar-refractivity contribution in [1.82, 2.24) is 14.0 Å². The van der Waals surface area contributed by atoms with Crippen LogP contribution in [0.25, 0.3) is 21.8 Å². The number of aromatic nitrogens is 2. The maximum Gasteiger partial charge on any atom is 0.260 e. The van der Waals surface area contributed by atoms with Crippen molar-refractivity contribution in [2.24, 2.45) is 11.8 Å². The monoisotopic (exact) mass is 421 g/mol. The summed E-state index contributed by atoms with van der Waals surface area (Å²) in [6.07, 6.45) is 7.14. The maximum atomic E-state index is 13.8. The molecule has 3 fully saturated rings. The summed E-state index contributed by atoms with van der Waals surface area (Å²) in [5.74, 6) is 2.32. The summed E-state index contributed by atoms with van der Waals surface area (Å²) in [6.45, 7) is 5.29. The Hall–Kier alpha value is -2.31. The number of ether oxygens (including phenoxy) is 2. The van der Waals surface area contributed by atoms with E-state index in [-0.39, 0.29) is 5.56 Å². The summed E-state index contributed by atoms with van der Waals surface area (Å²) >= 11 is 0. The van der Waals surface area contributed by atoms with E-state index in [0.717, 1.165) is 79.3 Å². The highest BCUT2D eigenvalue weighted by molar-refractivity contribution is 6.09. The van der Waals surface area contributed by atoms with Gasteiger partial charge in [-0.3, -0.25) is 9.69 Å². The van der Waals surface area contributed by atoms with Crippen molar-refractivity contribution in [1.29, 1.82) is 0 Å². The highest BCUT2D eigenvalue weighted by atomic mass is 16.5. The molecule has 6 heteroatoms. The summed E-state index contributed by atoms with van der Waals surface area (Å²) in [5.41, 5.74) is 2.23. The SMILES string of the molecule is COc1cccc2c3c(=O)n(C4CC5CCC4C5)ccc3n(CCN3CCOCC3)c12. The third kappa shape index (κ3) is 3.11. The molecule has 3 atom stereocenters. The minimum Gasteiger partial charge on any atom is -0.495 e. The van der Waals surface area contributed by atoms with Crippen molar-refractivity contribution in [2.75, 3.05) is 40.0 Å². The van der Waals surface area contributed by atoms with E-state index in [1.54, 1.807) is 7.11 Å². The van der Waals surface area contributed by atoms with Crippen LogP contribution in [-0.4, -0.2) is 54.0 Å². The zero-order chi connectivity index (χ0) is 20.9. The normalized spacial score (nSPS) is 26.3. The van der Waals surface area contributed by atoms with E-state index in [1.165, 1.54) is 19.3 Å². The average Bonchev–Trinajstić information content (AvgIpc) is 3.52. The summed E-state index contributed by atoms with van der Waals surface area (Å²) < 4.78 is 15.6. The second-order valence-corrected chi connectivity index (χ2v) is 9.49. The van der Waals surface area contributed by atoms with Crippen LogP contribution < -0.4 is 10.3 Å². The lowest BCUT2D eigenvalue weighted by Gasteiger charge is -2.27. The summed E-state index contributed by atoms with van der Waals surface area (Å²) in [6, 6.07) is 8.62. The molecule has 6 nitrogen and oxygen atoms in total. The third-order valence-electron chi connectivity index (χ3n) is 7.95. The van der Waals surface area contributed by atoms with Crippen molar-refractivity contribution >= 4 is 21.8 Å². The van der Waals surface area contributed by atoms with Crippen LogP contribution in [-0.2, 0) is 11.3 Å². The molecule has 0 N–H and O–H groups in total. The van der Waals surface area contributed by atoms with Gasteiger partial charge in [-0.25, -0.2) is 0 Å². The Labute approximate surface area is 182 Å². The fourth-order valence-electron chi connectivity index (χ4n) is 6.42. The van der Waals surface area contributed by atoms with Gasteiger partial charge in [0.05, 0.1) is 36.7 Å². The molecular weight excluding hydrogens is 390 g/mol. The second-order valence-electron chi connectivity index (χ2n) is 9.49. The molecule has 3 unspecified atom stereocenters. The van der Waals surface area contributed by atoms with Crippen molar-refractivity contribution < 1.29 is 9.47 Å². The molecule has 3 heterocycles. The quantitative estimate of drug-likeness (QED) is 0.631. The Morgan fingerprint density at radius 2 is 1.97 bits per heavy atom. The van der Waals surface area contributed by atoms with Gasteiger partial charge in [0, 0.05) is 43.8 Å². The number of hydrogen-bond donors (Lipinski definition) is 0. The van der Waals surface area contributed by atoms with E-state index < -0.39 is 0 Å². The van der Waals surface area contributed by atoms with Crippen molar-refractivity contribution in [3.05, 3.63) is 40.8 Å². The molecule has 2 saturated carbocycles. The van der Waals surface area contributed by atoms with E-state index in [2.05, 4.69) is 32.4 Å². The van der Waals surface area contributed by atoms with Gasteiger partial charge in [0.2, 0.25) is 0 Å². The van der Waals surface area contributed by atoms with Crippen LogP contribution in [0.15, 0.2) is 35.3 Å². The molecule has 0 radical (unpaired) electrons. The molecule has 2 aliphatic carbocycles. The van der Waals surface area contributed by atoms with Crippen molar-refractivity contribution in [3.8, 4) is 5.75 Å². The number of nitrogens with zero attached hydrogens (tertiary/aromatic N) is 3. The lowest BCUT2D eigenvalue weighted by molar-refractivity contribution is 0.0366. The minimum atomic E-state index is 0.165. The van der Waals surface area contributed by atoms with Gasteiger partial charge < -0.3 is 18.6 Å². The number of fused-ring (bicyclic) bond motifs is 5. The smallest absolute Gasteiger partial charge is 0.260 e. The molecular formula is C25H31N3O3. The van der Waals surface area contributed by atoms with Crippen LogP contribution in [0.3, 0.4) is 0 Å². The number of benzene rings is 1. The molecule has 0 amide bonds. The largest absolute Gasteiger partial charge is 0.495 e. The molecule has 2 aromatic heterocycles. The maximum absolute atomic E-state index is 13.8. The number of rotatable bonds is 5. The molecule has 1 aromatic carbocycles. The zero-order valence-corrected chi connectivity index (χ0v) is 18.3. The first-order valence-corrected chi connectivity index (χ1v) is 11.7. The molecule has 6 rings (SSSR count). The Morgan fingerprint density at radius 1 is 1.10 bits per heavy atom. The Balaban J connectivity index is 1.48. The van der Waals surface area contributed by atoms with Gasteiger partial charge in [0.15, 0.2) is 0 Å². The van der Waals surface area contributed by atoms with Gasteiger partial charge in [0.25, 0.3) is 5.56 Å². The van der Waals surface area contributed by atoms with Gasteiger partial charge in [-0.2, -0.15) is 0 Å². The Morgan fingerprint density at radius 3 is 2.71 bits per heavy atom. The summed E-state index contributed by atoms with van der Waals surface area (Å²) in [7, 11) is 1.71. The number of pyridine rings is 1. The number of hydrogen-bond acceptors (Lipinski definition) is 4. The van der Waals surface area contributed by atoms with E-state index in [4.69, 9.17) is 9.47 Å². The van der Waals surface area contributed by atoms with E-state index in [1.807, 2.05) is 12.1 Å². The first-order chi connectivity index (χ1) is 15.2. The first-order valence-electron chi connectivity index (χ1n) is 11.7. The molecule has 31 heavy (non-hydrogen) atoms. The van der Waals surface area contributed by atoms with Crippen molar-refractivity contribution in [3.63, 3.8) is 0 Å². The average molecular weight is 422 g/mol. The lowest BCUT2D eigenvalue weighted by atomic mass is 9.95. The third-order valence-corrected chi connectivity index (χ3v) is 7.95. The van der Waals surface area contributed by atoms with Crippen LogP contribution in [0, 0.1) is 11.8 Å². The Bertz CT molecular complexity index is 1170. The Kier molecular flexibility index (Phi) is 4.80. The molecule has 0 spiro atoms. The van der Waals surface area contributed by atoms with Gasteiger partial charge in [-0.15, -0.1) is 0 Å². The minimum absolute atomic E-state index is 0.165. The highest BCUT2D eigenvalue weighted by Gasteiger charge is 2.41. The molecule has 3 aromatic rings. The molecule has 164 valence electrons. The summed E-state index contributed by atoms with van der Waals surface area (Å²) in [4.78, 5) is 16.2. The first kappa shape index (κ1) is 19.4. The van der Waals surface area contributed by atoms with Crippen molar-refractivity contribution in [2.45, 2.75) is 38.3 Å². The molecule has 1 saturated heterocycles. The number of morpholine rings is 1. The van der Waals surface area contributed by atoms with E-state index >= 15 is 0 Å². The van der Waals surface area contributed by atoms with Crippen LogP contribution >= 0.6 is 0 Å². The van der Waals surface area contributed by atoms with Crippen LogP contribution in [0.2, 0.25) is 0 Å². The zero-order valence-electron chi connectivity index (χ0n) is 18.3. The fourth-order valence-corrected chi connectivity index (χ4v) is 6.42. The second kappa shape index (κ2) is 7.68. The number of methoxy groups -OCH3 is 1. The van der Waals surface area contributed by atoms with Crippen LogP contribution in [0.5, 0.6) is 5.75 Å². The van der Waals surface area contributed by atoms with Gasteiger partial charge >= 0.3 is 0 Å².